The van der Waals surface area contributed by atoms with Crippen LogP contribution in [0.3, 0.4) is 0 Å². The van der Waals surface area contributed by atoms with Crippen LogP contribution in [0.2, 0.25) is 0 Å². The Morgan fingerprint density at radius 2 is 2.00 bits per heavy atom. The molecule has 7 nitrogen and oxygen atoms in total. The maximum atomic E-state index is 13.2. The van der Waals surface area contributed by atoms with Crippen LogP contribution in [0.4, 0.5) is 5.69 Å². The summed E-state index contributed by atoms with van der Waals surface area (Å²) >= 11 is 1.59. The predicted molar refractivity (Wildman–Crippen MR) is 118 cm³/mol. The lowest BCUT2D eigenvalue weighted by molar-refractivity contribution is -0.116. The number of benzene rings is 2. The molecule has 0 fully saturated rings. The number of carbonyl (C=O) groups is 1. The second kappa shape index (κ2) is 7.53. The number of hydrogen-bond donors (Lipinski definition) is 1. The van der Waals surface area contributed by atoms with Gasteiger partial charge in [-0.15, -0.1) is 0 Å². The second-order valence-electron chi connectivity index (χ2n) is 6.98. The van der Waals surface area contributed by atoms with Crippen molar-refractivity contribution in [2.24, 2.45) is 0 Å². The van der Waals surface area contributed by atoms with Crippen molar-refractivity contribution in [1.82, 2.24) is 14.1 Å². The van der Waals surface area contributed by atoms with Crippen LogP contribution in [0, 0.1) is 0 Å². The van der Waals surface area contributed by atoms with Gasteiger partial charge in [0.2, 0.25) is 5.91 Å². The summed E-state index contributed by atoms with van der Waals surface area (Å²) in [4.78, 5) is 30.9. The first-order valence-electron chi connectivity index (χ1n) is 9.83. The molecule has 1 aliphatic rings. The quantitative estimate of drug-likeness (QED) is 0.500. The molecule has 30 heavy (non-hydrogen) atoms. The number of nitrogens with zero attached hydrogens (tertiary/aromatic N) is 3. The summed E-state index contributed by atoms with van der Waals surface area (Å²) in [5.74, 6) is 1.22. The summed E-state index contributed by atoms with van der Waals surface area (Å²) in [5.41, 5.74) is 2.45. The van der Waals surface area contributed by atoms with Crippen molar-refractivity contribution in [2.75, 3.05) is 17.7 Å². The van der Waals surface area contributed by atoms with Crippen molar-refractivity contribution < 1.29 is 9.53 Å². The Bertz CT molecular complexity index is 1340. The number of carbonyl (C=O) groups excluding carboxylic acids is 1. The van der Waals surface area contributed by atoms with Gasteiger partial charge in [-0.05, 0) is 25.1 Å². The zero-order chi connectivity index (χ0) is 20.7. The first-order valence-corrected chi connectivity index (χ1v) is 10.8. The van der Waals surface area contributed by atoms with Gasteiger partial charge in [0, 0.05) is 17.7 Å². The SMILES string of the molecule is CCOc1ccccc1NC(=O)Cn1c2ccccc2c2nc3n(c(=O)c21)CCS3. The molecule has 3 heterocycles. The number of nitrogens with one attached hydrogen (secondary N) is 1. The highest BCUT2D eigenvalue weighted by molar-refractivity contribution is 7.99. The number of aromatic nitrogens is 3. The standard InChI is InChI=1S/C22H20N4O3S/c1-2-29-17-10-6-4-8-15(17)23-18(27)13-26-16-9-5-3-7-14(16)19-20(26)21(28)25-11-12-30-22(25)24-19/h3-10H,2,11-13H2,1H3,(H,23,27). The Hall–Kier alpha value is -3.26. The average molecular weight is 420 g/mol. The lowest BCUT2D eigenvalue weighted by Crippen LogP contribution is -2.25. The molecule has 1 N–H and O–H groups in total. The summed E-state index contributed by atoms with van der Waals surface area (Å²) < 4.78 is 9.07. The van der Waals surface area contributed by atoms with Crippen molar-refractivity contribution in [3.05, 3.63) is 58.9 Å². The van der Waals surface area contributed by atoms with Gasteiger partial charge >= 0.3 is 0 Å². The molecule has 2 aromatic carbocycles. The molecule has 0 spiro atoms. The van der Waals surface area contributed by atoms with Gasteiger partial charge in [0.25, 0.3) is 5.56 Å². The van der Waals surface area contributed by atoms with Crippen LogP contribution < -0.4 is 15.6 Å². The van der Waals surface area contributed by atoms with Crippen molar-refractivity contribution in [3.63, 3.8) is 0 Å². The molecule has 0 atom stereocenters. The van der Waals surface area contributed by atoms with Crippen molar-refractivity contribution in [3.8, 4) is 5.75 Å². The third-order valence-corrected chi connectivity index (χ3v) is 6.10. The fraction of sp³-hybridized carbons (Fsp3) is 0.227. The average Bonchev–Trinajstić information content (AvgIpc) is 3.34. The van der Waals surface area contributed by atoms with Crippen LogP contribution in [-0.2, 0) is 17.9 Å². The third kappa shape index (κ3) is 3.04. The molecule has 4 aromatic rings. The van der Waals surface area contributed by atoms with E-state index in [1.54, 1.807) is 27.0 Å². The number of hydrogen-bond acceptors (Lipinski definition) is 5. The number of rotatable bonds is 5. The van der Waals surface area contributed by atoms with Crippen LogP contribution >= 0.6 is 11.8 Å². The van der Waals surface area contributed by atoms with Crippen LogP contribution in [0.1, 0.15) is 6.92 Å². The Morgan fingerprint density at radius 1 is 1.20 bits per heavy atom. The number of anilines is 1. The van der Waals surface area contributed by atoms with Crippen molar-refractivity contribution in [1.29, 1.82) is 0 Å². The molecule has 0 unspecified atom stereocenters. The van der Waals surface area contributed by atoms with Crippen LogP contribution in [0.15, 0.2) is 58.5 Å². The van der Waals surface area contributed by atoms with Gasteiger partial charge in [0.1, 0.15) is 23.3 Å². The maximum absolute atomic E-state index is 13.2. The first-order chi connectivity index (χ1) is 14.7. The van der Waals surface area contributed by atoms with E-state index in [-0.39, 0.29) is 18.0 Å². The Morgan fingerprint density at radius 3 is 2.87 bits per heavy atom. The summed E-state index contributed by atoms with van der Waals surface area (Å²) in [6.07, 6.45) is 0. The van der Waals surface area contributed by atoms with Crippen LogP contribution in [0.25, 0.3) is 21.9 Å². The molecule has 0 radical (unpaired) electrons. The second-order valence-corrected chi connectivity index (χ2v) is 8.04. The Balaban J connectivity index is 1.59. The maximum Gasteiger partial charge on any atom is 0.278 e. The molecule has 0 bridgehead atoms. The van der Waals surface area contributed by atoms with E-state index in [1.165, 1.54) is 0 Å². The minimum atomic E-state index is -0.232. The summed E-state index contributed by atoms with van der Waals surface area (Å²) in [6, 6.07) is 15.0. The normalized spacial score (nSPS) is 13.0. The monoisotopic (exact) mass is 420 g/mol. The summed E-state index contributed by atoms with van der Waals surface area (Å²) in [6.45, 7) is 3.05. The van der Waals surface area contributed by atoms with Crippen LogP contribution in [0.5, 0.6) is 5.75 Å². The molecule has 2 aromatic heterocycles. The molecule has 0 saturated carbocycles. The largest absolute Gasteiger partial charge is 0.492 e. The van der Waals surface area contributed by atoms with Crippen LogP contribution in [-0.4, -0.2) is 32.4 Å². The van der Waals surface area contributed by atoms with E-state index in [0.29, 0.717) is 35.6 Å². The fourth-order valence-corrected chi connectivity index (χ4v) is 4.81. The number of amides is 1. The van der Waals surface area contributed by atoms with Crippen molar-refractivity contribution in [2.45, 2.75) is 25.2 Å². The molecule has 152 valence electrons. The molecule has 8 heteroatoms. The highest BCUT2D eigenvalue weighted by Gasteiger charge is 2.23. The predicted octanol–water partition coefficient (Wildman–Crippen LogP) is 3.49. The van der Waals surface area contributed by atoms with Gasteiger partial charge in [0.05, 0.1) is 17.8 Å². The molecule has 1 amide bonds. The molecule has 0 saturated heterocycles. The van der Waals surface area contributed by atoms with E-state index in [9.17, 15) is 9.59 Å². The minimum absolute atomic E-state index is 0.00782. The van der Waals surface area contributed by atoms with Gasteiger partial charge < -0.3 is 14.6 Å². The van der Waals surface area contributed by atoms with Crippen molar-refractivity contribution >= 4 is 45.3 Å². The highest BCUT2D eigenvalue weighted by Crippen LogP contribution is 2.30. The summed E-state index contributed by atoms with van der Waals surface area (Å²) in [7, 11) is 0. The molecule has 0 aliphatic carbocycles. The van der Waals surface area contributed by atoms with E-state index in [0.717, 1.165) is 21.8 Å². The van der Waals surface area contributed by atoms with Gasteiger partial charge in [-0.1, -0.05) is 42.1 Å². The number of fused-ring (bicyclic) bond motifs is 4. The van der Waals surface area contributed by atoms with E-state index >= 15 is 0 Å². The number of para-hydroxylation sites is 3. The number of ether oxygens (including phenoxy) is 1. The van der Waals surface area contributed by atoms with E-state index in [4.69, 9.17) is 9.72 Å². The molecular formula is C22H20N4O3S. The van der Waals surface area contributed by atoms with Gasteiger partial charge in [-0.2, -0.15) is 0 Å². The first kappa shape index (κ1) is 18.7. The van der Waals surface area contributed by atoms with E-state index in [1.807, 2.05) is 49.4 Å². The van der Waals surface area contributed by atoms with Gasteiger partial charge in [-0.25, -0.2) is 4.98 Å². The smallest absolute Gasteiger partial charge is 0.278 e. The molecule has 1 aliphatic heterocycles. The zero-order valence-corrected chi connectivity index (χ0v) is 17.2. The topological polar surface area (TPSA) is 78.2 Å². The summed E-state index contributed by atoms with van der Waals surface area (Å²) in [5, 5.41) is 4.54. The van der Waals surface area contributed by atoms with E-state index in [2.05, 4.69) is 5.32 Å². The molecular weight excluding hydrogens is 400 g/mol. The highest BCUT2D eigenvalue weighted by atomic mass is 32.2. The lowest BCUT2D eigenvalue weighted by atomic mass is 10.2. The fourth-order valence-electron chi connectivity index (χ4n) is 3.87. The Kier molecular flexibility index (Phi) is 4.71. The van der Waals surface area contributed by atoms with Gasteiger partial charge in [0.15, 0.2) is 5.16 Å². The third-order valence-electron chi connectivity index (χ3n) is 5.14. The van der Waals surface area contributed by atoms with E-state index < -0.39 is 0 Å². The zero-order valence-electron chi connectivity index (χ0n) is 16.4. The van der Waals surface area contributed by atoms with Gasteiger partial charge in [-0.3, -0.25) is 14.2 Å². The minimum Gasteiger partial charge on any atom is -0.492 e. The Labute approximate surface area is 176 Å². The lowest BCUT2D eigenvalue weighted by Gasteiger charge is -2.12. The molecule has 5 rings (SSSR count). The number of thioether (sulfide) groups is 1.